The summed E-state index contributed by atoms with van der Waals surface area (Å²) < 4.78 is 2.03. The minimum absolute atomic E-state index is 0.0796. The summed E-state index contributed by atoms with van der Waals surface area (Å²) in [7, 11) is 5.97. The molecule has 2 aromatic heterocycles. The van der Waals surface area contributed by atoms with Gasteiger partial charge in [0.05, 0.1) is 11.9 Å². The molecule has 2 aromatic carbocycles. The number of carbonyl (C=O) groups is 1. The molecular formula is C28H33N7O. The van der Waals surface area contributed by atoms with Gasteiger partial charge in [-0.3, -0.25) is 9.20 Å². The number of hydrogen-bond acceptors (Lipinski definition) is 6. The van der Waals surface area contributed by atoms with Gasteiger partial charge in [0.1, 0.15) is 0 Å². The number of nitrogens with one attached hydrogen (secondary N) is 2. The summed E-state index contributed by atoms with van der Waals surface area (Å²) in [6, 6.07) is 14.4. The van der Waals surface area contributed by atoms with Crippen molar-refractivity contribution in [3.05, 3.63) is 72.2 Å². The molecule has 0 bridgehead atoms. The lowest BCUT2D eigenvalue weighted by Crippen LogP contribution is -2.44. The van der Waals surface area contributed by atoms with Crippen molar-refractivity contribution < 1.29 is 4.79 Å². The number of anilines is 3. The Balaban J connectivity index is 1.36. The summed E-state index contributed by atoms with van der Waals surface area (Å²) in [5, 5.41) is 6.54. The van der Waals surface area contributed by atoms with E-state index in [-0.39, 0.29) is 11.9 Å². The highest BCUT2D eigenvalue weighted by Gasteiger charge is 2.25. The predicted molar refractivity (Wildman–Crippen MR) is 145 cm³/mol. The van der Waals surface area contributed by atoms with Crippen LogP contribution in [0.4, 0.5) is 17.2 Å². The Morgan fingerprint density at radius 3 is 2.47 bits per heavy atom. The fourth-order valence-electron chi connectivity index (χ4n) is 4.88. The molecule has 5 rings (SSSR count). The van der Waals surface area contributed by atoms with Gasteiger partial charge in [0.2, 0.25) is 0 Å². The molecule has 186 valence electrons. The summed E-state index contributed by atoms with van der Waals surface area (Å²) in [5.74, 6) is 0.744. The van der Waals surface area contributed by atoms with E-state index in [1.165, 1.54) is 0 Å². The number of aromatic nitrogens is 3. The van der Waals surface area contributed by atoms with Crippen molar-refractivity contribution in [2.45, 2.75) is 25.8 Å². The van der Waals surface area contributed by atoms with Crippen LogP contribution in [-0.4, -0.2) is 70.4 Å². The molecule has 0 radical (unpaired) electrons. The SMILES string of the molecule is CNc1ccc(-c2cnc3c(Nc4ccc(C(=O)N(C)C5CCN(C)CC5)c(C)c4)nccn23)cc1. The minimum Gasteiger partial charge on any atom is -0.388 e. The molecule has 36 heavy (non-hydrogen) atoms. The lowest BCUT2D eigenvalue weighted by Gasteiger charge is -2.35. The van der Waals surface area contributed by atoms with Gasteiger partial charge in [-0.15, -0.1) is 0 Å². The largest absolute Gasteiger partial charge is 0.388 e. The Kier molecular flexibility index (Phi) is 6.61. The van der Waals surface area contributed by atoms with Crippen LogP contribution in [-0.2, 0) is 0 Å². The van der Waals surface area contributed by atoms with Gasteiger partial charge in [-0.2, -0.15) is 0 Å². The highest BCUT2D eigenvalue weighted by molar-refractivity contribution is 5.96. The molecule has 0 unspecified atom stereocenters. The van der Waals surface area contributed by atoms with Crippen molar-refractivity contribution in [3.63, 3.8) is 0 Å². The highest BCUT2D eigenvalue weighted by atomic mass is 16.2. The van der Waals surface area contributed by atoms with Crippen molar-refractivity contribution >= 4 is 28.7 Å². The van der Waals surface area contributed by atoms with Crippen LogP contribution < -0.4 is 10.6 Å². The first-order valence-corrected chi connectivity index (χ1v) is 12.4. The molecule has 8 nitrogen and oxygen atoms in total. The van der Waals surface area contributed by atoms with Crippen LogP contribution in [0.5, 0.6) is 0 Å². The van der Waals surface area contributed by atoms with Gasteiger partial charge in [-0.05, 0) is 75.8 Å². The minimum atomic E-state index is 0.0796. The van der Waals surface area contributed by atoms with E-state index in [1.807, 2.05) is 73.0 Å². The normalized spacial score (nSPS) is 14.7. The number of rotatable bonds is 6. The first-order chi connectivity index (χ1) is 17.4. The third-order valence-electron chi connectivity index (χ3n) is 7.17. The summed E-state index contributed by atoms with van der Waals surface area (Å²) >= 11 is 0. The third kappa shape index (κ3) is 4.64. The topological polar surface area (TPSA) is 77.8 Å². The molecule has 0 atom stereocenters. The van der Waals surface area contributed by atoms with Crippen molar-refractivity contribution in [2.24, 2.45) is 0 Å². The lowest BCUT2D eigenvalue weighted by atomic mass is 10.0. The maximum atomic E-state index is 13.2. The Morgan fingerprint density at radius 1 is 1.06 bits per heavy atom. The van der Waals surface area contributed by atoms with Crippen molar-refractivity contribution in [1.29, 1.82) is 0 Å². The van der Waals surface area contributed by atoms with E-state index in [2.05, 4.69) is 44.7 Å². The molecule has 1 saturated heterocycles. The lowest BCUT2D eigenvalue weighted by molar-refractivity contribution is 0.0659. The standard InChI is InChI=1S/C28H33N7O/c1-19-17-22(9-10-24(19)28(36)34(4)23-11-14-33(3)15-12-23)32-26-27-31-18-25(35(27)16-13-30-26)20-5-7-21(29-2)8-6-20/h5-10,13,16-18,23,29H,11-12,14-15H2,1-4H3,(H,30,32). The van der Waals surface area contributed by atoms with E-state index >= 15 is 0 Å². The second-order valence-corrected chi connectivity index (χ2v) is 9.55. The molecule has 1 amide bonds. The zero-order valence-corrected chi connectivity index (χ0v) is 21.3. The van der Waals surface area contributed by atoms with Crippen LogP contribution in [0.15, 0.2) is 61.1 Å². The first kappa shape index (κ1) is 23.8. The number of piperidine rings is 1. The number of benzene rings is 2. The van der Waals surface area contributed by atoms with Crippen LogP contribution >= 0.6 is 0 Å². The van der Waals surface area contributed by atoms with Gasteiger partial charge in [-0.25, -0.2) is 9.97 Å². The summed E-state index contributed by atoms with van der Waals surface area (Å²) in [4.78, 5) is 26.6. The monoisotopic (exact) mass is 483 g/mol. The third-order valence-corrected chi connectivity index (χ3v) is 7.17. The van der Waals surface area contributed by atoms with Gasteiger partial charge >= 0.3 is 0 Å². The van der Waals surface area contributed by atoms with E-state index in [9.17, 15) is 4.79 Å². The van der Waals surface area contributed by atoms with E-state index in [0.717, 1.165) is 65.3 Å². The van der Waals surface area contributed by atoms with Crippen LogP contribution in [0, 0.1) is 6.92 Å². The van der Waals surface area contributed by atoms with E-state index in [0.29, 0.717) is 5.82 Å². The number of likely N-dealkylation sites (tertiary alicyclic amines) is 1. The average molecular weight is 484 g/mol. The average Bonchev–Trinajstić information content (AvgIpc) is 3.34. The number of imidazole rings is 1. The maximum Gasteiger partial charge on any atom is 0.254 e. The molecule has 4 aromatic rings. The zero-order chi connectivity index (χ0) is 25.2. The molecule has 1 aliphatic rings. The van der Waals surface area contributed by atoms with Crippen LogP contribution in [0.25, 0.3) is 16.9 Å². The molecule has 0 saturated carbocycles. The second-order valence-electron chi connectivity index (χ2n) is 9.55. The Bertz CT molecular complexity index is 1370. The van der Waals surface area contributed by atoms with Crippen molar-refractivity contribution in [3.8, 4) is 11.3 Å². The first-order valence-electron chi connectivity index (χ1n) is 12.4. The number of nitrogens with zero attached hydrogens (tertiary/aromatic N) is 5. The fourth-order valence-corrected chi connectivity index (χ4v) is 4.88. The van der Waals surface area contributed by atoms with Gasteiger partial charge in [0.15, 0.2) is 11.5 Å². The number of aryl methyl sites for hydroxylation is 1. The molecule has 8 heteroatoms. The molecule has 0 spiro atoms. The van der Waals surface area contributed by atoms with Crippen LogP contribution in [0.2, 0.25) is 0 Å². The zero-order valence-electron chi connectivity index (χ0n) is 21.3. The number of amides is 1. The van der Waals surface area contributed by atoms with Gasteiger partial charge in [-0.1, -0.05) is 12.1 Å². The van der Waals surface area contributed by atoms with Gasteiger partial charge in [0.25, 0.3) is 5.91 Å². The second kappa shape index (κ2) is 9.99. The maximum absolute atomic E-state index is 13.2. The summed E-state index contributed by atoms with van der Waals surface area (Å²) in [6.07, 6.45) is 7.57. The summed E-state index contributed by atoms with van der Waals surface area (Å²) in [6.45, 7) is 4.04. The van der Waals surface area contributed by atoms with Gasteiger partial charge < -0.3 is 20.4 Å². The Hall–Kier alpha value is -3.91. The number of carbonyl (C=O) groups excluding carboxylic acids is 1. The number of fused-ring (bicyclic) bond motifs is 1. The van der Waals surface area contributed by atoms with E-state index < -0.39 is 0 Å². The van der Waals surface area contributed by atoms with Crippen LogP contribution in [0.3, 0.4) is 0 Å². The molecular weight excluding hydrogens is 450 g/mol. The smallest absolute Gasteiger partial charge is 0.254 e. The Labute approximate surface area is 212 Å². The molecule has 2 N–H and O–H groups in total. The number of hydrogen-bond donors (Lipinski definition) is 2. The Morgan fingerprint density at radius 2 is 1.78 bits per heavy atom. The molecule has 1 aliphatic heterocycles. The van der Waals surface area contributed by atoms with Gasteiger partial charge in [0, 0.05) is 55.0 Å². The molecule has 0 aliphatic carbocycles. The highest BCUT2D eigenvalue weighted by Crippen LogP contribution is 2.27. The summed E-state index contributed by atoms with van der Waals surface area (Å²) in [5.41, 5.74) is 6.41. The van der Waals surface area contributed by atoms with Crippen LogP contribution in [0.1, 0.15) is 28.8 Å². The van der Waals surface area contributed by atoms with Crippen molar-refractivity contribution in [1.82, 2.24) is 24.2 Å². The fraction of sp³-hybridized carbons (Fsp3) is 0.321. The molecule has 1 fully saturated rings. The quantitative estimate of drug-likeness (QED) is 0.416. The predicted octanol–water partition coefficient (Wildman–Crippen LogP) is 4.66. The molecule has 3 heterocycles. The van der Waals surface area contributed by atoms with E-state index in [4.69, 9.17) is 0 Å². The van der Waals surface area contributed by atoms with Crippen molar-refractivity contribution in [2.75, 3.05) is 44.9 Å². The van der Waals surface area contributed by atoms with E-state index in [1.54, 1.807) is 6.20 Å².